The van der Waals surface area contributed by atoms with Gasteiger partial charge in [-0.2, -0.15) is 10.2 Å². The van der Waals surface area contributed by atoms with Crippen molar-refractivity contribution in [3.63, 3.8) is 0 Å². The zero-order valence-electron chi connectivity index (χ0n) is 13.7. The van der Waals surface area contributed by atoms with Gasteiger partial charge in [-0.1, -0.05) is 0 Å². The predicted molar refractivity (Wildman–Crippen MR) is 83.6 cm³/mol. The van der Waals surface area contributed by atoms with Gasteiger partial charge in [-0.15, -0.1) is 0 Å². The summed E-state index contributed by atoms with van der Waals surface area (Å²) in [5, 5.41) is 11.2. The Kier molecular flexibility index (Phi) is 4.64. The molecule has 3 rings (SSSR count). The van der Waals surface area contributed by atoms with E-state index in [1.807, 2.05) is 19.9 Å². The number of amides is 1. The SMILES string of the molecule is CCn1nccc1C(C)NC(=O)Cn1nc(C2CC2)cc1C(F)F. The van der Waals surface area contributed by atoms with Crippen molar-refractivity contribution in [3.8, 4) is 0 Å². The molecule has 1 aliphatic carbocycles. The molecule has 0 aromatic carbocycles. The second-order valence-corrected chi connectivity index (χ2v) is 6.09. The smallest absolute Gasteiger partial charge is 0.280 e. The van der Waals surface area contributed by atoms with Crippen LogP contribution in [0.2, 0.25) is 0 Å². The molecule has 2 heterocycles. The number of rotatable bonds is 7. The van der Waals surface area contributed by atoms with Crippen molar-refractivity contribution < 1.29 is 13.6 Å². The van der Waals surface area contributed by atoms with E-state index in [0.717, 1.165) is 23.2 Å². The van der Waals surface area contributed by atoms with E-state index in [1.165, 1.54) is 6.07 Å². The van der Waals surface area contributed by atoms with Gasteiger partial charge in [0.1, 0.15) is 12.2 Å². The van der Waals surface area contributed by atoms with Crippen molar-refractivity contribution in [1.29, 1.82) is 0 Å². The molecule has 130 valence electrons. The van der Waals surface area contributed by atoms with Gasteiger partial charge in [0.2, 0.25) is 5.91 Å². The molecule has 1 unspecified atom stereocenters. The van der Waals surface area contributed by atoms with Crippen LogP contribution in [0.4, 0.5) is 8.78 Å². The lowest BCUT2D eigenvalue weighted by atomic mass is 10.2. The lowest BCUT2D eigenvalue weighted by Crippen LogP contribution is -2.32. The van der Waals surface area contributed by atoms with Crippen LogP contribution in [0, 0.1) is 0 Å². The van der Waals surface area contributed by atoms with E-state index < -0.39 is 6.43 Å². The van der Waals surface area contributed by atoms with Crippen molar-refractivity contribution in [2.75, 3.05) is 0 Å². The molecule has 0 aliphatic heterocycles. The molecular formula is C16H21F2N5O. The Morgan fingerprint density at radius 2 is 2.12 bits per heavy atom. The second kappa shape index (κ2) is 6.70. The summed E-state index contributed by atoms with van der Waals surface area (Å²) in [6.07, 6.45) is 0.983. The average Bonchev–Trinajstić information content (AvgIpc) is 3.11. The second-order valence-electron chi connectivity index (χ2n) is 6.09. The number of nitrogens with zero attached hydrogens (tertiary/aromatic N) is 4. The normalized spacial score (nSPS) is 15.7. The first-order valence-electron chi connectivity index (χ1n) is 8.16. The summed E-state index contributed by atoms with van der Waals surface area (Å²) in [7, 11) is 0. The molecule has 1 fully saturated rings. The minimum absolute atomic E-state index is 0.196. The van der Waals surface area contributed by atoms with Crippen LogP contribution in [0.3, 0.4) is 0 Å². The topological polar surface area (TPSA) is 64.7 Å². The first-order valence-corrected chi connectivity index (χ1v) is 8.16. The number of nitrogens with one attached hydrogen (secondary N) is 1. The molecule has 0 radical (unpaired) electrons. The van der Waals surface area contributed by atoms with E-state index in [-0.39, 0.29) is 30.1 Å². The molecule has 1 aliphatic rings. The molecule has 2 aromatic rings. The van der Waals surface area contributed by atoms with Gasteiger partial charge in [-0.25, -0.2) is 8.78 Å². The number of carbonyl (C=O) groups is 1. The van der Waals surface area contributed by atoms with E-state index in [4.69, 9.17) is 0 Å². The fourth-order valence-electron chi connectivity index (χ4n) is 2.80. The number of aromatic nitrogens is 4. The Morgan fingerprint density at radius 1 is 1.38 bits per heavy atom. The summed E-state index contributed by atoms with van der Waals surface area (Å²) in [4.78, 5) is 12.2. The van der Waals surface area contributed by atoms with Crippen molar-refractivity contribution in [2.24, 2.45) is 0 Å². The summed E-state index contributed by atoms with van der Waals surface area (Å²) in [5.74, 6) is -0.0802. The molecule has 0 bridgehead atoms. The Balaban J connectivity index is 1.68. The van der Waals surface area contributed by atoms with Gasteiger partial charge in [0.15, 0.2) is 0 Å². The number of alkyl halides is 2. The van der Waals surface area contributed by atoms with Crippen molar-refractivity contribution >= 4 is 5.91 Å². The Morgan fingerprint density at radius 3 is 2.75 bits per heavy atom. The third kappa shape index (κ3) is 3.47. The minimum atomic E-state index is -2.64. The zero-order valence-corrected chi connectivity index (χ0v) is 13.7. The van der Waals surface area contributed by atoms with Gasteiger partial charge in [0, 0.05) is 18.7 Å². The third-order valence-electron chi connectivity index (χ3n) is 4.21. The molecule has 1 N–H and O–H groups in total. The van der Waals surface area contributed by atoms with Crippen LogP contribution < -0.4 is 5.32 Å². The zero-order chi connectivity index (χ0) is 17.3. The van der Waals surface area contributed by atoms with Crippen LogP contribution in [0.1, 0.15) is 62.2 Å². The molecule has 1 saturated carbocycles. The van der Waals surface area contributed by atoms with Gasteiger partial charge in [-0.3, -0.25) is 14.2 Å². The monoisotopic (exact) mass is 337 g/mol. The van der Waals surface area contributed by atoms with E-state index >= 15 is 0 Å². The number of hydrogen-bond donors (Lipinski definition) is 1. The fourth-order valence-corrected chi connectivity index (χ4v) is 2.80. The Bertz CT molecular complexity index is 720. The van der Waals surface area contributed by atoms with Gasteiger partial charge in [0.25, 0.3) is 6.43 Å². The number of carbonyl (C=O) groups excluding carboxylic acids is 1. The quantitative estimate of drug-likeness (QED) is 0.845. The van der Waals surface area contributed by atoms with E-state index in [9.17, 15) is 13.6 Å². The maximum Gasteiger partial charge on any atom is 0.280 e. The fraction of sp³-hybridized carbons (Fsp3) is 0.562. The summed E-state index contributed by atoms with van der Waals surface area (Å²) >= 11 is 0. The van der Waals surface area contributed by atoms with E-state index in [0.29, 0.717) is 12.2 Å². The summed E-state index contributed by atoms with van der Waals surface area (Å²) < 4.78 is 29.2. The molecule has 6 nitrogen and oxygen atoms in total. The summed E-state index contributed by atoms with van der Waals surface area (Å²) in [5.41, 5.74) is 1.34. The van der Waals surface area contributed by atoms with Crippen molar-refractivity contribution in [3.05, 3.63) is 35.4 Å². The molecular weight excluding hydrogens is 316 g/mol. The predicted octanol–water partition coefficient (Wildman–Crippen LogP) is 2.79. The summed E-state index contributed by atoms with van der Waals surface area (Å²) in [6, 6.07) is 3.00. The van der Waals surface area contributed by atoms with Crippen LogP contribution in [0.5, 0.6) is 0 Å². The molecule has 1 amide bonds. The largest absolute Gasteiger partial charge is 0.346 e. The highest BCUT2D eigenvalue weighted by Crippen LogP contribution is 2.40. The molecule has 0 saturated heterocycles. The number of halogens is 2. The van der Waals surface area contributed by atoms with Crippen LogP contribution in [0.25, 0.3) is 0 Å². The lowest BCUT2D eigenvalue weighted by Gasteiger charge is -2.16. The lowest BCUT2D eigenvalue weighted by molar-refractivity contribution is -0.122. The highest BCUT2D eigenvalue weighted by Gasteiger charge is 2.29. The molecule has 2 aromatic heterocycles. The number of hydrogen-bond acceptors (Lipinski definition) is 3. The standard InChI is InChI=1S/C16H21F2N5O/c1-3-22-13(6-7-19-22)10(2)20-15(24)9-23-14(16(17)18)8-12(21-23)11-4-5-11/h6-8,10-11,16H,3-5,9H2,1-2H3,(H,20,24). The van der Waals surface area contributed by atoms with E-state index in [1.54, 1.807) is 10.9 Å². The Hall–Kier alpha value is -2.25. The van der Waals surface area contributed by atoms with Crippen molar-refractivity contribution in [2.45, 2.75) is 58.2 Å². The average molecular weight is 337 g/mol. The highest BCUT2D eigenvalue weighted by molar-refractivity contribution is 5.76. The van der Waals surface area contributed by atoms with Crippen molar-refractivity contribution in [1.82, 2.24) is 24.9 Å². The first-order chi connectivity index (χ1) is 11.5. The molecule has 0 spiro atoms. The first kappa shape index (κ1) is 16.6. The minimum Gasteiger partial charge on any atom is -0.346 e. The molecule has 24 heavy (non-hydrogen) atoms. The van der Waals surface area contributed by atoms with Crippen LogP contribution in [-0.4, -0.2) is 25.5 Å². The van der Waals surface area contributed by atoms with Gasteiger partial charge < -0.3 is 5.32 Å². The van der Waals surface area contributed by atoms with Crippen LogP contribution in [0.15, 0.2) is 18.3 Å². The van der Waals surface area contributed by atoms with Crippen LogP contribution >= 0.6 is 0 Å². The summed E-state index contributed by atoms with van der Waals surface area (Å²) in [6.45, 7) is 4.29. The maximum absolute atomic E-state index is 13.2. The van der Waals surface area contributed by atoms with Gasteiger partial charge >= 0.3 is 0 Å². The molecule has 8 heteroatoms. The third-order valence-corrected chi connectivity index (χ3v) is 4.21. The van der Waals surface area contributed by atoms with E-state index in [2.05, 4.69) is 15.5 Å². The number of aryl methyl sites for hydroxylation is 1. The highest BCUT2D eigenvalue weighted by atomic mass is 19.3. The van der Waals surface area contributed by atoms with Crippen LogP contribution in [-0.2, 0) is 17.9 Å². The Labute approximate surface area is 138 Å². The van der Waals surface area contributed by atoms with Gasteiger partial charge in [0.05, 0.1) is 17.4 Å². The molecule has 1 atom stereocenters. The maximum atomic E-state index is 13.2. The van der Waals surface area contributed by atoms with Gasteiger partial charge in [-0.05, 0) is 38.8 Å².